The van der Waals surface area contributed by atoms with Gasteiger partial charge in [-0.05, 0) is 18.6 Å². The van der Waals surface area contributed by atoms with Gasteiger partial charge in [0.2, 0.25) is 0 Å². The molecule has 0 spiro atoms. The van der Waals surface area contributed by atoms with Crippen LogP contribution in [-0.2, 0) is 0 Å². The molecule has 13 heavy (non-hydrogen) atoms. The zero-order valence-electron chi connectivity index (χ0n) is 6.79. The van der Waals surface area contributed by atoms with E-state index in [9.17, 15) is 9.59 Å². The molecule has 2 N–H and O–H groups in total. The maximum atomic E-state index is 11.0. The van der Waals surface area contributed by atoms with Crippen molar-refractivity contribution in [1.29, 1.82) is 5.26 Å². The van der Waals surface area contributed by atoms with Crippen LogP contribution < -0.4 is 5.56 Å². The van der Waals surface area contributed by atoms with Gasteiger partial charge in [0.05, 0.1) is 0 Å². The number of nitriles is 1. The van der Waals surface area contributed by atoms with Crippen molar-refractivity contribution in [2.45, 2.75) is 6.92 Å². The van der Waals surface area contributed by atoms with Crippen LogP contribution in [0.5, 0.6) is 0 Å². The Labute approximate surface area is 73.3 Å². The van der Waals surface area contributed by atoms with E-state index in [1.54, 1.807) is 6.07 Å². The Morgan fingerprint density at radius 1 is 1.69 bits per heavy atom. The molecule has 0 aliphatic carbocycles. The fourth-order valence-corrected chi connectivity index (χ4v) is 0.939. The third-order valence-corrected chi connectivity index (χ3v) is 1.57. The molecule has 0 amide bonds. The van der Waals surface area contributed by atoms with Crippen molar-refractivity contribution >= 4 is 5.97 Å². The van der Waals surface area contributed by atoms with Crippen LogP contribution in [0.15, 0.2) is 10.9 Å². The second kappa shape index (κ2) is 3.11. The van der Waals surface area contributed by atoms with Gasteiger partial charge in [-0.2, -0.15) is 5.26 Å². The van der Waals surface area contributed by atoms with Gasteiger partial charge in [0.25, 0.3) is 5.56 Å². The number of carboxylic acids is 1. The first-order valence-corrected chi connectivity index (χ1v) is 3.43. The SMILES string of the molecule is Cc1cc(C#N)c(=O)[nH]c1C(=O)O. The van der Waals surface area contributed by atoms with Crippen molar-refractivity contribution < 1.29 is 9.90 Å². The number of carboxylic acid groups (broad SMARTS) is 1. The quantitative estimate of drug-likeness (QED) is 0.644. The highest BCUT2D eigenvalue weighted by Crippen LogP contribution is 2.02. The van der Waals surface area contributed by atoms with Gasteiger partial charge in [0, 0.05) is 0 Å². The highest BCUT2D eigenvalue weighted by Gasteiger charge is 2.10. The van der Waals surface area contributed by atoms with E-state index in [2.05, 4.69) is 4.98 Å². The van der Waals surface area contributed by atoms with Crippen LogP contribution in [0.2, 0.25) is 0 Å². The van der Waals surface area contributed by atoms with Crippen LogP contribution >= 0.6 is 0 Å². The minimum absolute atomic E-state index is 0.0810. The second-order valence-electron chi connectivity index (χ2n) is 2.49. The van der Waals surface area contributed by atoms with E-state index >= 15 is 0 Å². The lowest BCUT2D eigenvalue weighted by Gasteiger charge is -1.99. The Morgan fingerprint density at radius 3 is 2.77 bits per heavy atom. The molecule has 0 fully saturated rings. The summed E-state index contributed by atoms with van der Waals surface area (Å²) in [5, 5.41) is 17.1. The van der Waals surface area contributed by atoms with Crippen molar-refractivity contribution in [3.05, 3.63) is 33.2 Å². The fourth-order valence-electron chi connectivity index (χ4n) is 0.939. The standard InChI is InChI=1S/C8H6N2O3/c1-4-2-5(3-9)7(11)10-6(4)8(12)13/h2H,1H3,(H,10,11)(H,12,13). The lowest BCUT2D eigenvalue weighted by Crippen LogP contribution is -2.17. The van der Waals surface area contributed by atoms with Crippen LogP contribution in [0.25, 0.3) is 0 Å². The molecule has 5 nitrogen and oxygen atoms in total. The number of nitrogens with zero attached hydrogens (tertiary/aromatic N) is 1. The molecule has 0 radical (unpaired) electrons. The van der Waals surface area contributed by atoms with Crippen molar-refractivity contribution in [3.8, 4) is 6.07 Å². The van der Waals surface area contributed by atoms with Crippen LogP contribution in [0.3, 0.4) is 0 Å². The van der Waals surface area contributed by atoms with Crippen molar-refractivity contribution in [2.75, 3.05) is 0 Å². The first kappa shape index (κ1) is 9.00. The van der Waals surface area contributed by atoms with Gasteiger partial charge in [-0.25, -0.2) is 4.79 Å². The molecule has 0 atom stereocenters. The minimum Gasteiger partial charge on any atom is -0.477 e. The zero-order chi connectivity index (χ0) is 10.0. The average molecular weight is 178 g/mol. The van der Waals surface area contributed by atoms with Gasteiger partial charge in [0.1, 0.15) is 17.3 Å². The van der Waals surface area contributed by atoms with Gasteiger partial charge in [-0.1, -0.05) is 0 Å². The molecule has 0 bridgehead atoms. The predicted molar refractivity (Wildman–Crippen MR) is 43.5 cm³/mol. The Bertz CT molecular complexity index is 453. The van der Waals surface area contributed by atoms with Gasteiger partial charge < -0.3 is 10.1 Å². The van der Waals surface area contributed by atoms with Crippen LogP contribution in [0, 0.1) is 18.3 Å². The number of aromatic nitrogens is 1. The molecule has 1 heterocycles. The van der Waals surface area contributed by atoms with Gasteiger partial charge in [-0.15, -0.1) is 0 Å². The smallest absolute Gasteiger partial charge is 0.352 e. The van der Waals surface area contributed by atoms with E-state index in [1.165, 1.54) is 13.0 Å². The van der Waals surface area contributed by atoms with Crippen LogP contribution in [0.1, 0.15) is 21.6 Å². The maximum absolute atomic E-state index is 11.0. The van der Waals surface area contributed by atoms with Crippen molar-refractivity contribution in [1.82, 2.24) is 4.98 Å². The summed E-state index contributed by atoms with van der Waals surface area (Å²) < 4.78 is 0. The zero-order valence-corrected chi connectivity index (χ0v) is 6.79. The highest BCUT2D eigenvalue weighted by molar-refractivity contribution is 5.87. The normalized spacial score (nSPS) is 9.23. The molecule has 0 unspecified atom stereocenters. The number of aryl methyl sites for hydroxylation is 1. The molecule has 0 aliphatic heterocycles. The second-order valence-corrected chi connectivity index (χ2v) is 2.49. The lowest BCUT2D eigenvalue weighted by atomic mass is 10.1. The summed E-state index contributed by atoms with van der Waals surface area (Å²) in [6, 6.07) is 2.92. The Hall–Kier alpha value is -2.09. The van der Waals surface area contributed by atoms with E-state index in [0.29, 0.717) is 5.56 Å². The van der Waals surface area contributed by atoms with Gasteiger partial charge >= 0.3 is 5.97 Å². The van der Waals surface area contributed by atoms with Crippen molar-refractivity contribution in [3.63, 3.8) is 0 Å². The molecule has 66 valence electrons. The molecule has 1 rings (SSSR count). The number of aromatic amines is 1. The summed E-state index contributed by atoms with van der Waals surface area (Å²) in [6.07, 6.45) is 0. The van der Waals surface area contributed by atoms with E-state index < -0.39 is 11.5 Å². The number of nitrogens with one attached hydrogen (secondary N) is 1. The average Bonchev–Trinajstić information content (AvgIpc) is 2.07. The summed E-state index contributed by atoms with van der Waals surface area (Å²) in [4.78, 5) is 23.6. The molecule has 1 aromatic heterocycles. The molecule has 0 aromatic carbocycles. The number of aromatic carboxylic acids is 1. The van der Waals surface area contributed by atoms with Crippen LogP contribution in [0.4, 0.5) is 0 Å². The molecular weight excluding hydrogens is 172 g/mol. The Balaban J connectivity index is 3.48. The minimum atomic E-state index is -1.21. The number of rotatable bonds is 1. The number of pyridine rings is 1. The van der Waals surface area contributed by atoms with Gasteiger partial charge in [0.15, 0.2) is 0 Å². The summed E-state index contributed by atoms with van der Waals surface area (Å²) in [5.74, 6) is -1.21. The first-order chi connectivity index (χ1) is 6.06. The van der Waals surface area contributed by atoms with E-state index in [-0.39, 0.29) is 11.3 Å². The van der Waals surface area contributed by atoms with Crippen LogP contribution in [-0.4, -0.2) is 16.1 Å². The topological polar surface area (TPSA) is 94.0 Å². The number of carbonyl (C=O) groups is 1. The molecule has 0 saturated carbocycles. The van der Waals surface area contributed by atoms with Gasteiger partial charge in [-0.3, -0.25) is 4.79 Å². The lowest BCUT2D eigenvalue weighted by molar-refractivity contribution is 0.0689. The number of hydrogen-bond acceptors (Lipinski definition) is 3. The van der Waals surface area contributed by atoms with E-state index in [4.69, 9.17) is 10.4 Å². The van der Waals surface area contributed by atoms with E-state index in [1.807, 2.05) is 0 Å². The molecule has 1 aromatic rings. The number of hydrogen-bond donors (Lipinski definition) is 2. The summed E-state index contributed by atoms with van der Waals surface area (Å²) in [5.41, 5.74) is -0.569. The Morgan fingerprint density at radius 2 is 2.31 bits per heavy atom. The maximum Gasteiger partial charge on any atom is 0.352 e. The third kappa shape index (κ3) is 1.56. The van der Waals surface area contributed by atoms with Crippen molar-refractivity contribution in [2.24, 2.45) is 0 Å². The molecule has 0 saturated heterocycles. The summed E-state index contributed by atoms with van der Waals surface area (Å²) in [6.45, 7) is 1.51. The predicted octanol–water partition coefficient (Wildman–Crippen LogP) is 0.253. The first-order valence-electron chi connectivity index (χ1n) is 3.43. The third-order valence-electron chi connectivity index (χ3n) is 1.57. The highest BCUT2D eigenvalue weighted by atomic mass is 16.4. The Kier molecular flexibility index (Phi) is 2.15. The molecule has 5 heteroatoms. The number of H-pyrrole nitrogens is 1. The molecule has 0 aliphatic rings. The summed E-state index contributed by atoms with van der Waals surface area (Å²) in [7, 11) is 0. The fraction of sp³-hybridized carbons (Fsp3) is 0.125. The largest absolute Gasteiger partial charge is 0.477 e. The summed E-state index contributed by atoms with van der Waals surface area (Å²) >= 11 is 0. The van der Waals surface area contributed by atoms with E-state index in [0.717, 1.165) is 0 Å². The monoisotopic (exact) mass is 178 g/mol. The molecular formula is C8H6N2O3.